The van der Waals surface area contributed by atoms with Gasteiger partial charge in [-0.05, 0) is 36.8 Å². The molecule has 1 aromatic carbocycles. The van der Waals surface area contributed by atoms with Gasteiger partial charge in [0.1, 0.15) is 5.82 Å². The van der Waals surface area contributed by atoms with Crippen LogP contribution >= 0.6 is 23.2 Å². The molecule has 2 heterocycles. The van der Waals surface area contributed by atoms with Gasteiger partial charge in [-0.2, -0.15) is 0 Å². The van der Waals surface area contributed by atoms with E-state index >= 15 is 0 Å². The first-order chi connectivity index (χ1) is 9.15. The summed E-state index contributed by atoms with van der Waals surface area (Å²) in [7, 11) is 0. The van der Waals surface area contributed by atoms with Gasteiger partial charge in [0, 0.05) is 12.7 Å². The van der Waals surface area contributed by atoms with Crippen LogP contribution in [-0.2, 0) is 6.54 Å². The van der Waals surface area contributed by atoms with Crippen LogP contribution in [0.1, 0.15) is 11.4 Å². The fraction of sp³-hybridized carbons (Fsp3) is 0.143. The minimum absolute atomic E-state index is 0.569. The van der Waals surface area contributed by atoms with E-state index in [0.717, 1.165) is 22.6 Å². The SMILES string of the molecule is Cc1nc2ncccc2n1Cc1ccc(Cl)c(Cl)c1. The number of nitrogens with zero attached hydrogens (tertiary/aromatic N) is 3. The van der Waals surface area contributed by atoms with Gasteiger partial charge in [0.25, 0.3) is 0 Å². The standard InChI is InChI=1S/C14H11Cl2N3/c1-9-18-14-13(3-2-6-17-14)19(9)8-10-4-5-11(15)12(16)7-10/h2-7H,8H2,1H3. The summed E-state index contributed by atoms with van der Waals surface area (Å²) >= 11 is 12.0. The molecule has 0 bridgehead atoms. The second-order valence-electron chi connectivity index (χ2n) is 4.34. The number of halogens is 2. The summed E-state index contributed by atoms with van der Waals surface area (Å²) in [5.74, 6) is 0.930. The van der Waals surface area contributed by atoms with Crippen LogP contribution in [0.25, 0.3) is 11.2 Å². The summed E-state index contributed by atoms with van der Waals surface area (Å²) in [6.45, 7) is 2.67. The number of benzene rings is 1. The highest BCUT2D eigenvalue weighted by Crippen LogP contribution is 2.24. The normalized spacial score (nSPS) is 11.1. The van der Waals surface area contributed by atoms with Crippen LogP contribution in [-0.4, -0.2) is 14.5 Å². The zero-order chi connectivity index (χ0) is 13.4. The number of pyridine rings is 1. The zero-order valence-corrected chi connectivity index (χ0v) is 11.8. The Morgan fingerprint density at radius 1 is 1.16 bits per heavy atom. The van der Waals surface area contributed by atoms with Crippen LogP contribution in [0.4, 0.5) is 0 Å². The molecule has 0 atom stereocenters. The maximum Gasteiger partial charge on any atom is 0.177 e. The molecular formula is C14H11Cl2N3. The van der Waals surface area contributed by atoms with E-state index in [0.29, 0.717) is 16.6 Å². The topological polar surface area (TPSA) is 30.7 Å². The Kier molecular flexibility index (Phi) is 3.17. The Balaban J connectivity index is 2.05. The van der Waals surface area contributed by atoms with Gasteiger partial charge in [-0.25, -0.2) is 9.97 Å². The highest BCUT2D eigenvalue weighted by atomic mass is 35.5. The summed E-state index contributed by atoms with van der Waals surface area (Å²) in [4.78, 5) is 8.70. The van der Waals surface area contributed by atoms with Crippen LogP contribution in [0, 0.1) is 6.92 Å². The molecule has 0 spiro atoms. The Morgan fingerprint density at radius 3 is 2.79 bits per heavy atom. The van der Waals surface area contributed by atoms with E-state index in [1.54, 1.807) is 6.20 Å². The molecule has 0 aliphatic carbocycles. The summed E-state index contributed by atoms with van der Waals surface area (Å²) in [5, 5.41) is 1.14. The largest absolute Gasteiger partial charge is 0.322 e. The summed E-state index contributed by atoms with van der Waals surface area (Å²) in [6.07, 6.45) is 1.75. The molecule has 3 nitrogen and oxygen atoms in total. The van der Waals surface area contributed by atoms with Gasteiger partial charge >= 0.3 is 0 Å². The fourth-order valence-corrected chi connectivity index (χ4v) is 2.41. The van der Waals surface area contributed by atoms with Gasteiger partial charge in [-0.15, -0.1) is 0 Å². The minimum Gasteiger partial charge on any atom is -0.322 e. The first-order valence-corrected chi connectivity index (χ1v) is 6.62. The van der Waals surface area contributed by atoms with Crippen LogP contribution < -0.4 is 0 Å². The van der Waals surface area contributed by atoms with Gasteiger partial charge in [0.2, 0.25) is 0 Å². The average molecular weight is 292 g/mol. The number of aromatic nitrogens is 3. The highest BCUT2D eigenvalue weighted by Gasteiger charge is 2.08. The lowest BCUT2D eigenvalue weighted by atomic mass is 10.2. The van der Waals surface area contributed by atoms with Crippen molar-refractivity contribution in [2.75, 3.05) is 0 Å². The van der Waals surface area contributed by atoms with Crippen molar-refractivity contribution in [3.8, 4) is 0 Å². The lowest BCUT2D eigenvalue weighted by Crippen LogP contribution is -2.01. The Labute approximate surface area is 120 Å². The molecule has 0 N–H and O–H groups in total. The molecule has 0 unspecified atom stereocenters. The van der Waals surface area contributed by atoms with E-state index in [2.05, 4.69) is 14.5 Å². The molecule has 3 aromatic rings. The van der Waals surface area contributed by atoms with E-state index in [4.69, 9.17) is 23.2 Å². The first kappa shape index (κ1) is 12.5. The summed E-state index contributed by atoms with van der Waals surface area (Å²) < 4.78 is 2.11. The molecule has 96 valence electrons. The molecule has 0 aliphatic heterocycles. The van der Waals surface area contributed by atoms with Gasteiger partial charge in [0.15, 0.2) is 5.65 Å². The molecule has 19 heavy (non-hydrogen) atoms. The maximum atomic E-state index is 6.04. The maximum absolute atomic E-state index is 6.04. The second-order valence-corrected chi connectivity index (χ2v) is 5.15. The van der Waals surface area contributed by atoms with Gasteiger partial charge in [-0.1, -0.05) is 29.3 Å². The third kappa shape index (κ3) is 2.31. The zero-order valence-electron chi connectivity index (χ0n) is 10.3. The van der Waals surface area contributed by atoms with Crippen molar-refractivity contribution >= 4 is 34.4 Å². The Morgan fingerprint density at radius 2 is 2.00 bits per heavy atom. The van der Waals surface area contributed by atoms with E-state index < -0.39 is 0 Å². The number of hydrogen-bond donors (Lipinski definition) is 0. The van der Waals surface area contributed by atoms with Crippen LogP contribution in [0.3, 0.4) is 0 Å². The molecule has 5 heteroatoms. The lowest BCUT2D eigenvalue weighted by Gasteiger charge is -2.07. The molecule has 0 saturated heterocycles. The second kappa shape index (κ2) is 4.83. The third-order valence-electron chi connectivity index (χ3n) is 3.04. The van der Waals surface area contributed by atoms with Crippen LogP contribution in [0.2, 0.25) is 10.0 Å². The molecule has 0 radical (unpaired) electrons. The lowest BCUT2D eigenvalue weighted by molar-refractivity contribution is 0.786. The Bertz CT molecular complexity index is 750. The average Bonchev–Trinajstić information content (AvgIpc) is 2.71. The van der Waals surface area contributed by atoms with Gasteiger partial charge in [-0.3, -0.25) is 0 Å². The van der Waals surface area contributed by atoms with Crippen molar-refractivity contribution in [2.24, 2.45) is 0 Å². The van der Waals surface area contributed by atoms with E-state index in [-0.39, 0.29) is 0 Å². The van der Waals surface area contributed by atoms with Crippen molar-refractivity contribution in [1.82, 2.24) is 14.5 Å². The first-order valence-electron chi connectivity index (χ1n) is 5.87. The van der Waals surface area contributed by atoms with E-state index in [9.17, 15) is 0 Å². The smallest absolute Gasteiger partial charge is 0.177 e. The van der Waals surface area contributed by atoms with Gasteiger partial charge < -0.3 is 4.57 Å². The summed E-state index contributed by atoms with van der Waals surface area (Å²) in [5.41, 5.74) is 2.87. The summed E-state index contributed by atoms with van der Waals surface area (Å²) in [6, 6.07) is 9.59. The quantitative estimate of drug-likeness (QED) is 0.712. The monoisotopic (exact) mass is 291 g/mol. The predicted molar refractivity (Wildman–Crippen MR) is 77.8 cm³/mol. The molecule has 3 rings (SSSR count). The van der Waals surface area contributed by atoms with Crippen molar-refractivity contribution in [3.63, 3.8) is 0 Å². The number of fused-ring (bicyclic) bond motifs is 1. The van der Waals surface area contributed by atoms with E-state index in [1.807, 2.05) is 37.3 Å². The molecule has 0 amide bonds. The number of rotatable bonds is 2. The molecule has 2 aromatic heterocycles. The number of aryl methyl sites for hydroxylation is 1. The number of imidazole rings is 1. The fourth-order valence-electron chi connectivity index (χ4n) is 2.09. The van der Waals surface area contributed by atoms with Crippen molar-refractivity contribution in [1.29, 1.82) is 0 Å². The van der Waals surface area contributed by atoms with E-state index in [1.165, 1.54) is 0 Å². The molecule has 0 aliphatic rings. The predicted octanol–water partition coefficient (Wildman–Crippen LogP) is 4.09. The molecule has 0 fully saturated rings. The van der Waals surface area contributed by atoms with Crippen LogP contribution in [0.5, 0.6) is 0 Å². The van der Waals surface area contributed by atoms with Crippen molar-refractivity contribution < 1.29 is 0 Å². The van der Waals surface area contributed by atoms with Crippen LogP contribution in [0.15, 0.2) is 36.5 Å². The minimum atomic E-state index is 0.569. The van der Waals surface area contributed by atoms with Gasteiger partial charge in [0.05, 0.1) is 15.6 Å². The Hall–Kier alpha value is -1.58. The molecule has 0 saturated carbocycles. The molecular weight excluding hydrogens is 281 g/mol. The third-order valence-corrected chi connectivity index (χ3v) is 3.78. The number of hydrogen-bond acceptors (Lipinski definition) is 2. The highest BCUT2D eigenvalue weighted by molar-refractivity contribution is 6.42. The van der Waals surface area contributed by atoms with Crippen molar-refractivity contribution in [3.05, 3.63) is 58.0 Å². The van der Waals surface area contributed by atoms with Crippen molar-refractivity contribution in [2.45, 2.75) is 13.5 Å².